The number of piperazine rings is 1. The Morgan fingerprint density at radius 2 is 2.12 bits per heavy atom. The molecule has 16 heavy (non-hydrogen) atoms. The molecule has 0 saturated carbocycles. The Morgan fingerprint density at radius 3 is 2.81 bits per heavy atom. The maximum Gasteiger partial charge on any atom is 0.246 e. The van der Waals surface area contributed by atoms with Crippen LogP contribution in [0.25, 0.3) is 0 Å². The van der Waals surface area contributed by atoms with E-state index in [-0.39, 0.29) is 35.6 Å². The molecule has 0 aliphatic carbocycles. The van der Waals surface area contributed by atoms with Gasteiger partial charge in [-0.1, -0.05) is 11.6 Å². The number of anilines is 1. The maximum atomic E-state index is 13.5. The van der Waals surface area contributed by atoms with Crippen molar-refractivity contribution in [3.8, 4) is 0 Å². The van der Waals surface area contributed by atoms with Crippen LogP contribution in [0.3, 0.4) is 0 Å². The fourth-order valence-electron chi connectivity index (χ4n) is 1.48. The SMILES string of the molecule is O=C1CN(c2ccc(Cl)cc2F)C(=O)CN1. The first kappa shape index (κ1) is 10.9. The van der Waals surface area contributed by atoms with Crippen molar-refractivity contribution in [2.45, 2.75) is 0 Å². The van der Waals surface area contributed by atoms with Crippen LogP contribution in [0.1, 0.15) is 0 Å². The van der Waals surface area contributed by atoms with Gasteiger partial charge in [-0.25, -0.2) is 4.39 Å². The number of amides is 2. The zero-order valence-electron chi connectivity index (χ0n) is 8.17. The van der Waals surface area contributed by atoms with E-state index in [1.54, 1.807) is 0 Å². The predicted octanol–water partition coefficient (Wildman–Crippen LogP) is 0.942. The van der Waals surface area contributed by atoms with E-state index < -0.39 is 5.82 Å². The Hall–Kier alpha value is -1.62. The molecular formula is C10H8ClFN2O2. The van der Waals surface area contributed by atoms with Gasteiger partial charge >= 0.3 is 0 Å². The molecule has 0 radical (unpaired) electrons. The molecule has 2 rings (SSSR count). The molecule has 84 valence electrons. The van der Waals surface area contributed by atoms with Crippen molar-refractivity contribution < 1.29 is 14.0 Å². The highest BCUT2D eigenvalue weighted by molar-refractivity contribution is 6.30. The van der Waals surface area contributed by atoms with Crippen LogP contribution in [0.5, 0.6) is 0 Å². The molecular weight excluding hydrogens is 235 g/mol. The van der Waals surface area contributed by atoms with E-state index in [0.29, 0.717) is 0 Å². The van der Waals surface area contributed by atoms with Gasteiger partial charge in [-0.15, -0.1) is 0 Å². The molecule has 1 aromatic rings. The first-order valence-electron chi connectivity index (χ1n) is 4.60. The molecule has 0 aromatic heterocycles. The van der Waals surface area contributed by atoms with Crippen LogP contribution in [-0.4, -0.2) is 24.9 Å². The molecule has 0 bridgehead atoms. The fraction of sp³-hybridized carbons (Fsp3) is 0.200. The maximum absolute atomic E-state index is 13.5. The number of carbonyl (C=O) groups excluding carboxylic acids is 2. The minimum atomic E-state index is -0.615. The summed E-state index contributed by atoms with van der Waals surface area (Å²) in [4.78, 5) is 23.7. The predicted molar refractivity (Wildman–Crippen MR) is 56.8 cm³/mol. The lowest BCUT2D eigenvalue weighted by atomic mass is 10.2. The standard InChI is InChI=1S/C10H8ClFN2O2/c11-6-1-2-8(7(12)3-6)14-5-9(15)13-4-10(14)16/h1-3H,4-5H2,(H,13,15). The second-order valence-corrected chi connectivity index (χ2v) is 3.79. The Kier molecular flexibility index (Phi) is 2.78. The number of nitrogens with one attached hydrogen (secondary N) is 1. The molecule has 1 N–H and O–H groups in total. The van der Waals surface area contributed by atoms with Crippen LogP contribution in [0.2, 0.25) is 5.02 Å². The summed E-state index contributed by atoms with van der Waals surface area (Å²) in [7, 11) is 0. The summed E-state index contributed by atoms with van der Waals surface area (Å²) in [6.07, 6.45) is 0. The van der Waals surface area contributed by atoms with Crippen molar-refractivity contribution in [3.63, 3.8) is 0 Å². The van der Waals surface area contributed by atoms with Crippen LogP contribution in [-0.2, 0) is 9.59 Å². The Labute approximate surface area is 96.0 Å². The van der Waals surface area contributed by atoms with Gasteiger partial charge in [0.1, 0.15) is 12.4 Å². The summed E-state index contributed by atoms with van der Waals surface area (Å²) in [6.45, 7) is -0.279. The summed E-state index contributed by atoms with van der Waals surface area (Å²) in [6, 6.07) is 3.96. The number of hydrogen-bond donors (Lipinski definition) is 1. The van der Waals surface area contributed by atoms with Crippen molar-refractivity contribution in [1.29, 1.82) is 0 Å². The Bertz CT molecular complexity index is 464. The van der Waals surface area contributed by atoms with E-state index in [0.717, 1.165) is 11.0 Å². The lowest BCUT2D eigenvalue weighted by Gasteiger charge is -2.26. The van der Waals surface area contributed by atoms with Gasteiger partial charge in [0.2, 0.25) is 11.8 Å². The first-order chi connectivity index (χ1) is 7.58. The van der Waals surface area contributed by atoms with Gasteiger partial charge in [0, 0.05) is 5.02 Å². The van der Waals surface area contributed by atoms with Gasteiger partial charge < -0.3 is 5.32 Å². The number of hydrogen-bond acceptors (Lipinski definition) is 2. The Morgan fingerprint density at radius 1 is 1.38 bits per heavy atom. The van der Waals surface area contributed by atoms with Gasteiger partial charge in [0.25, 0.3) is 0 Å². The monoisotopic (exact) mass is 242 g/mol. The summed E-state index contributed by atoms with van der Waals surface area (Å²) < 4.78 is 13.5. The molecule has 2 amide bonds. The van der Waals surface area contributed by atoms with Crippen molar-refractivity contribution in [1.82, 2.24) is 5.32 Å². The Balaban J connectivity index is 2.35. The van der Waals surface area contributed by atoms with Crippen LogP contribution >= 0.6 is 11.6 Å². The third-order valence-corrected chi connectivity index (χ3v) is 2.48. The average Bonchev–Trinajstić information content (AvgIpc) is 2.22. The minimum absolute atomic E-state index is 0.0734. The van der Waals surface area contributed by atoms with Gasteiger partial charge in [-0.3, -0.25) is 14.5 Å². The van der Waals surface area contributed by atoms with Gasteiger partial charge in [0.15, 0.2) is 0 Å². The lowest BCUT2D eigenvalue weighted by molar-refractivity contribution is -0.128. The van der Waals surface area contributed by atoms with Crippen molar-refractivity contribution in [3.05, 3.63) is 29.0 Å². The third-order valence-electron chi connectivity index (χ3n) is 2.24. The second kappa shape index (κ2) is 4.09. The average molecular weight is 243 g/mol. The van der Waals surface area contributed by atoms with Crippen LogP contribution in [0.4, 0.5) is 10.1 Å². The number of carbonyl (C=O) groups is 2. The van der Waals surface area contributed by atoms with E-state index in [1.807, 2.05) is 0 Å². The third kappa shape index (κ3) is 1.99. The van der Waals surface area contributed by atoms with Crippen molar-refractivity contribution in [2.75, 3.05) is 18.0 Å². The summed E-state index contributed by atoms with van der Waals surface area (Å²) in [5.41, 5.74) is 0.0734. The van der Waals surface area contributed by atoms with Gasteiger partial charge in [-0.05, 0) is 18.2 Å². The van der Waals surface area contributed by atoms with Crippen molar-refractivity contribution in [2.24, 2.45) is 0 Å². The normalized spacial score (nSPS) is 16.2. The first-order valence-corrected chi connectivity index (χ1v) is 4.98. The molecule has 0 unspecified atom stereocenters. The summed E-state index contributed by atoms with van der Waals surface area (Å²) in [5.74, 6) is -1.27. The topological polar surface area (TPSA) is 49.4 Å². The highest BCUT2D eigenvalue weighted by Crippen LogP contribution is 2.23. The molecule has 1 aliphatic rings. The largest absolute Gasteiger partial charge is 0.345 e. The van der Waals surface area contributed by atoms with E-state index in [2.05, 4.69) is 5.32 Å². The molecule has 6 heteroatoms. The van der Waals surface area contributed by atoms with Gasteiger partial charge in [-0.2, -0.15) is 0 Å². The summed E-state index contributed by atoms with van der Waals surface area (Å²) in [5, 5.41) is 2.63. The highest BCUT2D eigenvalue weighted by atomic mass is 35.5. The smallest absolute Gasteiger partial charge is 0.246 e. The minimum Gasteiger partial charge on any atom is -0.345 e. The lowest BCUT2D eigenvalue weighted by Crippen LogP contribution is -2.52. The van der Waals surface area contributed by atoms with E-state index >= 15 is 0 Å². The van der Waals surface area contributed by atoms with E-state index in [4.69, 9.17) is 11.6 Å². The zero-order valence-corrected chi connectivity index (χ0v) is 8.92. The molecule has 0 atom stereocenters. The highest BCUT2D eigenvalue weighted by Gasteiger charge is 2.26. The number of benzene rings is 1. The molecule has 1 aliphatic heterocycles. The van der Waals surface area contributed by atoms with Crippen LogP contribution < -0.4 is 10.2 Å². The molecule has 1 fully saturated rings. The molecule has 1 aromatic carbocycles. The summed E-state index contributed by atoms with van der Waals surface area (Å²) >= 11 is 5.60. The molecule has 1 saturated heterocycles. The van der Waals surface area contributed by atoms with Crippen molar-refractivity contribution >= 4 is 29.1 Å². The number of nitrogens with zero attached hydrogens (tertiary/aromatic N) is 1. The van der Waals surface area contributed by atoms with Crippen LogP contribution in [0, 0.1) is 5.82 Å². The van der Waals surface area contributed by atoms with E-state index in [9.17, 15) is 14.0 Å². The zero-order chi connectivity index (χ0) is 11.7. The van der Waals surface area contributed by atoms with Crippen LogP contribution in [0.15, 0.2) is 18.2 Å². The molecule has 4 nitrogen and oxygen atoms in total. The van der Waals surface area contributed by atoms with Gasteiger partial charge in [0.05, 0.1) is 12.2 Å². The van der Waals surface area contributed by atoms with E-state index in [1.165, 1.54) is 12.1 Å². The fourth-order valence-corrected chi connectivity index (χ4v) is 1.64. The molecule has 1 heterocycles. The number of rotatable bonds is 1. The quantitative estimate of drug-likeness (QED) is 0.797. The number of halogens is 2. The molecule has 0 spiro atoms. The second-order valence-electron chi connectivity index (χ2n) is 3.35.